The molecule has 2 nitrogen and oxygen atoms in total. The highest BCUT2D eigenvalue weighted by molar-refractivity contribution is 7.99. The predicted octanol–water partition coefficient (Wildman–Crippen LogP) is 3.28. The zero-order valence-corrected chi connectivity index (χ0v) is 12.5. The second-order valence-corrected chi connectivity index (χ2v) is 6.53. The van der Waals surface area contributed by atoms with E-state index in [0.717, 1.165) is 25.0 Å². The lowest BCUT2D eigenvalue weighted by Gasteiger charge is -2.21. The maximum Gasteiger partial charge on any atom is 0.0608 e. The molecule has 3 heteroatoms. The largest absolute Gasteiger partial charge is 0.394 e. The molecule has 0 amide bonds. The van der Waals surface area contributed by atoms with E-state index in [0.29, 0.717) is 0 Å². The summed E-state index contributed by atoms with van der Waals surface area (Å²) in [5, 5.41) is 9.05. The van der Waals surface area contributed by atoms with Crippen LogP contribution < -0.4 is 5.73 Å². The second kappa shape index (κ2) is 7.17. The molecule has 0 heterocycles. The van der Waals surface area contributed by atoms with Gasteiger partial charge in [0.05, 0.1) is 6.61 Å². The number of nitrogens with two attached hydrogens (primary N) is 1. The Bertz CT molecular complexity index is 377. The Morgan fingerprint density at radius 1 is 1.22 bits per heavy atom. The van der Waals surface area contributed by atoms with Gasteiger partial charge in [0.2, 0.25) is 0 Å². The molecule has 0 aromatic heterocycles. The third kappa shape index (κ3) is 5.42. The van der Waals surface area contributed by atoms with Crippen LogP contribution in [0, 0.1) is 13.8 Å². The Labute approximate surface area is 115 Å². The Hall–Kier alpha value is -0.510. The molecule has 0 aliphatic rings. The van der Waals surface area contributed by atoms with Crippen LogP contribution in [0.2, 0.25) is 0 Å². The summed E-state index contributed by atoms with van der Waals surface area (Å²) in [5.74, 6) is 1.12. The fourth-order valence-corrected chi connectivity index (χ4v) is 2.71. The maximum absolute atomic E-state index is 9.05. The van der Waals surface area contributed by atoms with Crippen LogP contribution in [0.5, 0.6) is 0 Å². The molecule has 0 bridgehead atoms. The summed E-state index contributed by atoms with van der Waals surface area (Å²) in [4.78, 5) is 1.34. The Morgan fingerprint density at radius 3 is 2.56 bits per heavy atom. The molecule has 0 aliphatic carbocycles. The average Bonchev–Trinajstić information content (AvgIpc) is 2.33. The first-order valence-corrected chi connectivity index (χ1v) is 7.53. The van der Waals surface area contributed by atoms with E-state index < -0.39 is 5.54 Å². The molecule has 1 unspecified atom stereocenters. The second-order valence-electron chi connectivity index (χ2n) is 5.36. The number of hydrogen-bond acceptors (Lipinski definition) is 3. The highest BCUT2D eigenvalue weighted by Gasteiger charge is 2.15. The Morgan fingerprint density at radius 2 is 1.94 bits per heavy atom. The van der Waals surface area contributed by atoms with Crippen molar-refractivity contribution < 1.29 is 5.11 Å². The number of unbranched alkanes of at least 4 members (excludes halogenated alkanes) is 1. The van der Waals surface area contributed by atoms with Crippen LogP contribution in [0.15, 0.2) is 23.1 Å². The van der Waals surface area contributed by atoms with E-state index in [9.17, 15) is 0 Å². The summed E-state index contributed by atoms with van der Waals surface area (Å²) in [6, 6.07) is 6.62. The number of aryl methyl sites for hydroxylation is 2. The molecular formula is C15H25NOS. The monoisotopic (exact) mass is 267 g/mol. The molecule has 0 aliphatic heterocycles. The van der Waals surface area contributed by atoms with Crippen molar-refractivity contribution in [1.29, 1.82) is 0 Å². The summed E-state index contributed by atoms with van der Waals surface area (Å²) in [6.45, 7) is 6.27. The molecule has 0 saturated carbocycles. The minimum absolute atomic E-state index is 0.0668. The molecule has 1 aromatic carbocycles. The van der Waals surface area contributed by atoms with Gasteiger partial charge in [-0.25, -0.2) is 0 Å². The van der Waals surface area contributed by atoms with Gasteiger partial charge in [-0.1, -0.05) is 12.5 Å². The van der Waals surface area contributed by atoms with Crippen LogP contribution in [0.1, 0.15) is 37.3 Å². The van der Waals surface area contributed by atoms with Gasteiger partial charge < -0.3 is 10.8 Å². The van der Waals surface area contributed by atoms with Crippen molar-refractivity contribution in [2.24, 2.45) is 5.73 Å². The predicted molar refractivity (Wildman–Crippen MR) is 80.2 cm³/mol. The van der Waals surface area contributed by atoms with Crippen molar-refractivity contribution in [3.05, 3.63) is 29.3 Å². The van der Waals surface area contributed by atoms with Gasteiger partial charge in [0.15, 0.2) is 0 Å². The van der Waals surface area contributed by atoms with Gasteiger partial charge in [-0.3, -0.25) is 0 Å². The van der Waals surface area contributed by atoms with Gasteiger partial charge in [-0.15, -0.1) is 11.8 Å². The van der Waals surface area contributed by atoms with Gasteiger partial charge in [0.1, 0.15) is 0 Å². The van der Waals surface area contributed by atoms with Crippen LogP contribution >= 0.6 is 11.8 Å². The van der Waals surface area contributed by atoms with Crippen LogP contribution in [0.3, 0.4) is 0 Å². The van der Waals surface area contributed by atoms with Gasteiger partial charge in [0, 0.05) is 10.4 Å². The van der Waals surface area contributed by atoms with Gasteiger partial charge in [-0.2, -0.15) is 0 Å². The number of hydrogen-bond donors (Lipinski definition) is 2. The third-order valence-corrected chi connectivity index (χ3v) is 4.33. The summed E-state index contributed by atoms with van der Waals surface area (Å²) < 4.78 is 0. The lowest BCUT2D eigenvalue weighted by Crippen LogP contribution is -2.39. The first-order valence-electron chi connectivity index (χ1n) is 6.54. The molecule has 0 saturated heterocycles. The summed E-state index contributed by atoms with van der Waals surface area (Å²) in [6.07, 6.45) is 3.10. The van der Waals surface area contributed by atoms with Crippen molar-refractivity contribution in [3.8, 4) is 0 Å². The molecule has 0 spiro atoms. The molecular weight excluding hydrogens is 242 g/mol. The fourth-order valence-electron chi connectivity index (χ4n) is 1.70. The van der Waals surface area contributed by atoms with E-state index in [1.54, 1.807) is 0 Å². The lowest BCUT2D eigenvalue weighted by molar-refractivity contribution is 0.198. The lowest BCUT2D eigenvalue weighted by atomic mass is 9.98. The minimum atomic E-state index is -0.412. The number of rotatable bonds is 7. The zero-order chi connectivity index (χ0) is 13.6. The van der Waals surface area contributed by atoms with Gasteiger partial charge >= 0.3 is 0 Å². The molecule has 0 radical (unpaired) electrons. The maximum atomic E-state index is 9.05. The van der Waals surface area contributed by atoms with Crippen molar-refractivity contribution in [1.82, 2.24) is 0 Å². The van der Waals surface area contributed by atoms with Crippen molar-refractivity contribution in [2.45, 2.75) is 50.5 Å². The third-order valence-electron chi connectivity index (χ3n) is 3.25. The Kier molecular flexibility index (Phi) is 6.19. The number of aliphatic hydroxyl groups excluding tert-OH is 1. The highest BCUT2D eigenvalue weighted by Crippen LogP contribution is 2.22. The molecule has 0 fully saturated rings. The summed E-state index contributed by atoms with van der Waals surface area (Å²) in [5.41, 5.74) is 8.18. The van der Waals surface area contributed by atoms with Crippen LogP contribution in [-0.4, -0.2) is 23.0 Å². The zero-order valence-electron chi connectivity index (χ0n) is 11.7. The molecule has 1 atom stereocenters. The molecule has 102 valence electrons. The first kappa shape index (κ1) is 15.5. The van der Waals surface area contributed by atoms with Crippen molar-refractivity contribution >= 4 is 11.8 Å². The van der Waals surface area contributed by atoms with E-state index >= 15 is 0 Å². The van der Waals surface area contributed by atoms with Crippen LogP contribution in [-0.2, 0) is 0 Å². The molecule has 3 N–H and O–H groups in total. The van der Waals surface area contributed by atoms with E-state index in [2.05, 4.69) is 32.0 Å². The number of thioether (sulfide) groups is 1. The van der Waals surface area contributed by atoms with Gasteiger partial charge in [-0.05, 0) is 62.6 Å². The smallest absolute Gasteiger partial charge is 0.0608 e. The average molecular weight is 267 g/mol. The van der Waals surface area contributed by atoms with E-state index in [4.69, 9.17) is 10.8 Å². The standard InChI is InChI=1S/C15H25NOS/c1-12-6-7-14(10-13(12)2)18-9-5-4-8-15(3,16)11-17/h6-7,10,17H,4-5,8-9,11,16H2,1-3H3. The summed E-state index contributed by atoms with van der Waals surface area (Å²) in [7, 11) is 0. The molecule has 1 aromatic rings. The SMILES string of the molecule is Cc1ccc(SCCCCC(C)(N)CO)cc1C. The van der Waals surface area contributed by atoms with E-state index in [1.165, 1.54) is 16.0 Å². The number of benzene rings is 1. The highest BCUT2D eigenvalue weighted by atomic mass is 32.2. The first-order chi connectivity index (χ1) is 8.44. The quantitative estimate of drug-likeness (QED) is 0.589. The summed E-state index contributed by atoms with van der Waals surface area (Å²) >= 11 is 1.90. The van der Waals surface area contributed by atoms with Gasteiger partial charge in [0.25, 0.3) is 0 Å². The van der Waals surface area contributed by atoms with E-state index in [1.807, 2.05) is 18.7 Å². The van der Waals surface area contributed by atoms with Crippen molar-refractivity contribution in [3.63, 3.8) is 0 Å². The fraction of sp³-hybridized carbons (Fsp3) is 0.600. The molecule has 18 heavy (non-hydrogen) atoms. The normalized spacial score (nSPS) is 14.5. The van der Waals surface area contributed by atoms with Crippen LogP contribution in [0.25, 0.3) is 0 Å². The van der Waals surface area contributed by atoms with E-state index in [-0.39, 0.29) is 6.61 Å². The van der Waals surface area contributed by atoms with Crippen molar-refractivity contribution in [2.75, 3.05) is 12.4 Å². The van der Waals surface area contributed by atoms with Crippen LogP contribution in [0.4, 0.5) is 0 Å². The minimum Gasteiger partial charge on any atom is -0.394 e. The topological polar surface area (TPSA) is 46.2 Å². The molecule has 1 rings (SSSR count). The Balaban J connectivity index is 2.24. The number of aliphatic hydroxyl groups is 1.